The van der Waals surface area contributed by atoms with E-state index in [-0.39, 0.29) is 0 Å². The zero-order valence-electron chi connectivity index (χ0n) is 16.2. The Hall–Kier alpha value is -1.95. The van der Waals surface area contributed by atoms with E-state index >= 15 is 0 Å². The highest BCUT2D eigenvalue weighted by atomic mass is 35.5. The van der Waals surface area contributed by atoms with Crippen LogP contribution in [-0.4, -0.2) is 49.4 Å². The molecule has 1 aliphatic heterocycles. The third-order valence-corrected chi connectivity index (χ3v) is 5.31. The highest BCUT2D eigenvalue weighted by Gasteiger charge is 2.26. The van der Waals surface area contributed by atoms with Crippen LogP contribution in [0.3, 0.4) is 0 Å². The van der Waals surface area contributed by atoms with Crippen molar-refractivity contribution >= 4 is 23.0 Å². The number of rotatable bonds is 8. The molecule has 1 aromatic rings. The fraction of sp³-hybridized carbons (Fsp3) is 0.429. The van der Waals surface area contributed by atoms with Crippen molar-refractivity contribution in [1.82, 2.24) is 10.2 Å². The number of nitrogens with zero attached hydrogens (tertiary/aromatic N) is 1. The molecule has 0 unspecified atom stereocenters. The molecule has 3 rings (SSSR count). The van der Waals surface area contributed by atoms with Gasteiger partial charge in [-0.05, 0) is 43.4 Å². The molecule has 6 heteroatoms. The van der Waals surface area contributed by atoms with Gasteiger partial charge in [-0.1, -0.05) is 25.4 Å². The Morgan fingerprint density at radius 2 is 2.07 bits per heavy atom. The minimum Gasteiger partial charge on any atom is -0.501 e. The zero-order valence-corrected chi connectivity index (χ0v) is 16.9. The van der Waals surface area contributed by atoms with Crippen molar-refractivity contribution in [2.45, 2.75) is 26.4 Å². The summed E-state index contributed by atoms with van der Waals surface area (Å²) in [6, 6.07) is 5.83. The highest BCUT2D eigenvalue weighted by molar-refractivity contribution is 6.31. The van der Waals surface area contributed by atoms with Gasteiger partial charge >= 0.3 is 0 Å². The molecule has 0 saturated carbocycles. The van der Waals surface area contributed by atoms with Crippen molar-refractivity contribution in [2.24, 2.45) is 0 Å². The topological polar surface area (TPSA) is 56.8 Å². The molecular formula is C21H28ClN3O2. The number of anilines is 1. The Morgan fingerprint density at radius 1 is 1.30 bits per heavy atom. The second-order valence-corrected chi connectivity index (χ2v) is 7.22. The second-order valence-electron chi connectivity index (χ2n) is 6.78. The van der Waals surface area contributed by atoms with Crippen LogP contribution in [0.1, 0.15) is 25.8 Å². The molecule has 5 nitrogen and oxygen atoms in total. The second kappa shape index (κ2) is 8.83. The number of methoxy groups -OCH3 is 1. The minimum absolute atomic E-state index is 0.447. The number of aliphatic hydroxyl groups is 1. The summed E-state index contributed by atoms with van der Waals surface area (Å²) in [7, 11) is 1.69. The summed E-state index contributed by atoms with van der Waals surface area (Å²) in [6.07, 6.45) is 4.26. The van der Waals surface area contributed by atoms with Gasteiger partial charge in [0, 0.05) is 52.8 Å². The van der Waals surface area contributed by atoms with Crippen molar-refractivity contribution in [1.29, 1.82) is 0 Å². The van der Waals surface area contributed by atoms with Gasteiger partial charge in [0.05, 0.1) is 13.2 Å². The van der Waals surface area contributed by atoms with E-state index in [0.717, 1.165) is 47.1 Å². The van der Waals surface area contributed by atoms with E-state index in [1.165, 1.54) is 0 Å². The van der Waals surface area contributed by atoms with E-state index in [9.17, 15) is 5.11 Å². The fourth-order valence-electron chi connectivity index (χ4n) is 3.50. The van der Waals surface area contributed by atoms with Gasteiger partial charge in [0.1, 0.15) is 5.76 Å². The Bertz CT molecular complexity index is 782. The number of aliphatic hydroxyl groups excluding tert-OH is 1. The predicted octanol–water partition coefficient (Wildman–Crippen LogP) is 3.59. The average Bonchev–Trinajstić information content (AvgIpc) is 2.68. The maximum absolute atomic E-state index is 10.5. The number of ether oxygens (including phenoxy) is 1. The van der Waals surface area contributed by atoms with E-state index in [0.29, 0.717) is 24.5 Å². The van der Waals surface area contributed by atoms with Gasteiger partial charge in [-0.25, -0.2) is 0 Å². The Labute approximate surface area is 166 Å². The molecule has 0 saturated heterocycles. The van der Waals surface area contributed by atoms with E-state index in [2.05, 4.69) is 29.4 Å². The fourth-order valence-corrected chi connectivity index (χ4v) is 3.67. The first-order chi connectivity index (χ1) is 13.0. The molecule has 1 aromatic carbocycles. The molecular weight excluding hydrogens is 362 g/mol. The lowest BCUT2D eigenvalue weighted by molar-refractivity contribution is 0.120. The van der Waals surface area contributed by atoms with Crippen LogP contribution in [0.2, 0.25) is 5.02 Å². The van der Waals surface area contributed by atoms with E-state index < -0.39 is 6.10 Å². The largest absolute Gasteiger partial charge is 0.501 e. The molecule has 27 heavy (non-hydrogen) atoms. The smallest absolute Gasteiger partial charge is 0.100 e. The number of fused-ring (bicyclic) bond motifs is 2. The molecule has 0 radical (unpaired) electrons. The molecule has 0 spiro atoms. The number of hydrogen-bond donors (Lipinski definition) is 3. The van der Waals surface area contributed by atoms with Crippen LogP contribution in [0.5, 0.6) is 0 Å². The van der Waals surface area contributed by atoms with Crippen LogP contribution in [0.15, 0.2) is 47.4 Å². The van der Waals surface area contributed by atoms with Crippen LogP contribution >= 0.6 is 11.6 Å². The van der Waals surface area contributed by atoms with E-state index in [1.807, 2.05) is 30.4 Å². The lowest BCUT2D eigenvalue weighted by atomic mass is 9.92. The predicted molar refractivity (Wildman–Crippen MR) is 112 cm³/mol. The van der Waals surface area contributed by atoms with Crippen LogP contribution in [-0.2, 0) is 4.74 Å². The number of nitrogens with one attached hydrogen (secondary N) is 2. The molecule has 2 aliphatic rings. The van der Waals surface area contributed by atoms with Gasteiger partial charge in [0.25, 0.3) is 0 Å². The summed E-state index contributed by atoms with van der Waals surface area (Å²) in [4.78, 5) is 2.22. The minimum atomic E-state index is -0.447. The van der Waals surface area contributed by atoms with Gasteiger partial charge in [-0.15, -0.1) is 0 Å². The first kappa shape index (κ1) is 19.8. The van der Waals surface area contributed by atoms with E-state index in [1.54, 1.807) is 7.11 Å². The Morgan fingerprint density at radius 3 is 2.78 bits per heavy atom. The summed E-state index contributed by atoms with van der Waals surface area (Å²) >= 11 is 6.19. The summed E-state index contributed by atoms with van der Waals surface area (Å²) in [5.74, 6) is 0.913. The molecule has 0 amide bonds. The third kappa shape index (κ3) is 4.49. The SMILES string of the molecule is CCN(CC)C[C@H](O)CNC1=C2CC(OC)=CC=C2Nc2cc(Cl)ccc21. The normalized spacial score (nSPS) is 16.8. The lowest BCUT2D eigenvalue weighted by Crippen LogP contribution is -2.38. The quantitative estimate of drug-likeness (QED) is 0.634. The first-order valence-corrected chi connectivity index (χ1v) is 9.83. The first-order valence-electron chi connectivity index (χ1n) is 9.45. The maximum Gasteiger partial charge on any atom is 0.100 e. The van der Waals surface area contributed by atoms with Crippen molar-refractivity contribution in [2.75, 3.05) is 38.6 Å². The monoisotopic (exact) mass is 389 g/mol. The molecule has 146 valence electrons. The van der Waals surface area contributed by atoms with Crippen molar-refractivity contribution in [3.05, 3.63) is 58.0 Å². The summed E-state index contributed by atoms with van der Waals surface area (Å²) in [6.45, 7) is 7.22. The van der Waals surface area contributed by atoms with Gasteiger partial charge in [0.2, 0.25) is 0 Å². The summed E-state index contributed by atoms with van der Waals surface area (Å²) in [5, 5.41) is 18.1. The molecule has 0 aromatic heterocycles. The average molecular weight is 390 g/mol. The number of likely N-dealkylation sites (N-methyl/N-ethyl adjacent to an activating group) is 1. The molecule has 1 heterocycles. The standard InChI is InChI=1S/C21H28ClN3O2/c1-4-25(5-2)13-15(26)12-23-21-17-8-6-14(22)10-20(17)24-19-9-7-16(27-3)11-18(19)21/h6-10,15,23-24,26H,4-5,11-13H2,1-3H3/t15-/m1/s1. The zero-order chi connectivity index (χ0) is 19.4. The summed E-state index contributed by atoms with van der Waals surface area (Å²) in [5.41, 5.74) is 5.21. The van der Waals surface area contributed by atoms with Crippen LogP contribution < -0.4 is 10.6 Å². The Balaban J connectivity index is 1.86. The van der Waals surface area contributed by atoms with Crippen molar-refractivity contribution in [3.63, 3.8) is 0 Å². The number of benzene rings is 1. The third-order valence-electron chi connectivity index (χ3n) is 5.07. The number of hydrogen-bond acceptors (Lipinski definition) is 5. The van der Waals surface area contributed by atoms with Gasteiger partial charge in [0.15, 0.2) is 0 Å². The lowest BCUT2D eigenvalue weighted by Gasteiger charge is -2.31. The van der Waals surface area contributed by atoms with Gasteiger partial charge < -0.3 is 25.4 Å². The number of halogens is 1. The van der Waals surface area contributed by atoms with Crippen molar-refractivity contribution < 1.29 is 9.84 Å². The molecule has 0 bridgehead atoms. The molecule has 3 N–H and O–H groups in total. The van der Waals surface area contributed by atoms with Gasteiger partial charge in [-0.2, -0.15) is 0 Å². The van der Waals surface area contributed by atoms with Crippen LogP contribution in [0, 0.1) is 0 Å². The van der Waals surface area contributed by atoms with Gasteiger partial charge in [-0.3, -0.25) is 0 Å². The molecule has 1 atom stereocenters. The molecule has 1 aliphatic carbocycles. The van der Waals surface area contributed by atoms with E-state index in [4.69, 9.17) is 16.3 Å². The number of allylic oxidation sites excluding steroid dienone is 4. The molecule has 0 fully saturated rings. The van der Waals surface area contributed by atoms with Crippen LogP contribution in [0.25, 0.3) is 5.70 Å². The highest BCUT2D eigenvalue weighted by Crippen LogP contribution is 2.39. The van der Waals surface area contributed by atoms with Crippen molar-refractivity contribution in [3.8, 4) is 0 Å². The maximum atomic E-state index is 10.5. The van der Waals surface area contributed by atoms with Crippen LogP contribution in [0.4, 0.5) is 5.69 Å². The summed E-state index contributed by atoms with van der Waals surface area (Å²) < 4.78 is 5.45. The Kier molecular flexibility index (Phi) is 6.47.